The number of H-pyrrole nitrogens is 1. The number of amides is 1. The first-order valence-electron chi connectivity index (χ1n) is 8.34. The fraction of sp³-hybridized carbons (Fsp3) is 0.0526. The lowest BCUT2D eigenvalue weighted by molar-refractivity contribution is 0.100. The second-order valence-electron chi connectivity index (χ2n) is 6.11. The van der Waals surface area contributed by atoms with E-state index in [9.17, 15) is 13.2 Å². The Bertz CT molecular complexity index is 1240. The minimum atomic E-state index is -3.60. The summed E-state index contributed by atoms with van der Waals surface area (Å²) >= 11 is 1.49. The number of primary amides is 1. The highest BCUT2D eigenvalue weighted by molar-refractivity contribution is 7.89. The highest BCUT2D eigenvalue weighted by Crippen LogP contribution is 2.23. The topological polar surface area (TPSA) is 118 Å². The van der Waals surface area contributed by atoms with Gasteiger partial charge in [0, 0.05) is 22.5 Å². The van der Waals surface area contributed by atoms with Crippen molar-refractivity contribution in [2.45, 2.75) is 11.4 Å². The molecule has 7 nitrogen and oxygen atoms in total. The molecule has 0 aliphatic carbocycles. The van der Waals surface area contributed by atoms with Gasteiger partial charge in [-0.25, -0.2) is 18.1 Å². The van der Waals surface area contributed by atoms with Crippen molar-refractivity contribution in [2.75, 3.05) is 0 Å². The van der Waals surface area contributed by atoms with Gasteiger partial charge in [0.1, 0.15) is 5.82 Å². The first-order valence-corrected chi connectivity index (χ1v) is 10.7. The van der Waals surface area contributed by atoms with Crippen molar-refractivity contribution in [3.05, 3.63) is 70.4 Å². The first kappa shape index (κ1) is 18.4. The lowest BCUT2D eigenvalue weighted by Gasteiger charge is -2.06. The molecule has 0 saturated heterocycles. The fourth-order valence-electron chi connectivity index (χ4n) is 2.75. The zero-order chi connectivity index (χ0) is 19.7. The minimum Gasteiger partial charge on any atom is -0.366 e. The lowest BCUT2D eigenvalue weighted by atomic mass is 10.2. The van der Waals surface area contributed by atoms with Crippen LogP contribution in [0.4, 0.5) is 0 Å². The number of sulfonamides is 1. The van der Waals surface area contributed by atoms with Crippen molar-refractivity contribution >= 4 is 38.3 Å². The van der Waals surface area contributed by atoms with E-state index in [4.69, 9.17) is 5.73 Å². The fourth-order valence-corrected chi connectivity index (χ4v) is 4.49. The quantitative estimate of drug-likeness (QED) is 0.451. The molecule has 0 radical (unpaired) electrons. The smallest absolute Gasteiger partial charge is 0.248 e. The molecule has 2 aromatic carbocycles. The maximum Gasteiger partial charge on any atom is 0.248 e. The number of carbonyl (C=O) groups is 1. The van der Waals surface area contributed by atoms with Crippen molar-refractivity contribution < 1.29 is 13.2 Å². The van der Waals surface area contributed by atoms with Crippen LogP contribution in [0, 0.1) is 0 Å². The third-order valence-corrected chi connectivity index (χ3v) is 6.52. The minimum absolute atomic E-state index is 0.180. The second kappa shape index (κ2) is 7.19. The average molecular weight is 412 g/mol. The van der Waals surface area contributed by atoms with E-state index in [0.29, 0.717) is 16.9 Å². The van der Waals surface area contributed by atoms with Gasteiger partial charge < -0.3 is 10.7 Å². The number of benzene rings is 2. The van der Waals surface area contributed by atoms with Gasteiger partial charge in [-0.1, -0.05) is 6.07 Å². The number of nitrogens with one attached hydrogen (secondary N) is 2. The van der Waals surface area contributed by atoms with E-state index in [0.717, 1.165) is 16.0 Å². The lowest BCUT2D eigenvalue weighted by Crippen LogP contribution is -2.22. The number of aromatic amines is 1. The molecule has 0 spiro atoms. The molecular formula is C19H16N4O3S2. The molecular weight excluding hydrogens is 396 g/mol. The summed E-state index contributed by atoms with van der Waals surface area (Å²) in [5.74, 6) is 0.0585. The Morgan fingerprint density at radius 3 is 2.61 bits per heavy atom. The van der Waals surface area contributed by atoms with Crippen LogP contribution < -0.4 is 10.5 Å². The summed E-state index contributed by atoms with van der Waals surface area (Å²) in [6.07, 6.45) is 0. The number of rotatable bonds is 6. The van der Waals surface area contributed by atoms with Crippen LogP contribution in [-0.4, -0.2) is 24.3 Å². The maximum absolute atomic E-state index is 12.4. The van der Waals surface area contributed by atoms with Gasteiger partial charge in [-0.05, 0) is 53.9 Å². The van der Waals surface area contributed by atoms with Crippen LogP contribution in [0.5, 0.6) is 0 Å². The highest BCUT2D eigenvalue weighted by atomic mass is 32.2. The Morgan fingerprint density at radius 1 is 1.14 bits per heavy atom. The maximum atomic E-state index is 12.4. The van der Waals surface area contributed by atoms with Gasteiger partial charge in [-0.3, -0.25) is 4.79 Å². The number of aromatic nitrogens is 2. The molecule has 4 aromatic rings. The molecule has 0 atom stereocenters. The van der Waals surface area contributed by atoms with Crippen LogP contribution in [0.2, 0.25) is 0 Å². The highest BCUT2D eigenvalue weighted by Gasteiger charge is 2.15. The van der Waals surface area contributed by atoms with Crippen molar-refractivity contribution in [3.8, 4) is 11.4 Å². The number of nitrogens with two attached hydrogens (primary N) is 1. The summed E-state index contributed by atoms with van der Waals surface area (Å²) in [4.78, 5) is 20.0. The van der Waals surface area contributed by atoms with Crippen molar-refractivity contribution in [1.29, 1.82) is 0 Å². The van der Waals surface area contributed by atoms with Crippen molar-refractivity contribution in [3.63, 3.8) is 0 Å². The van der Waals surface area contributed by atoms with Gasteiger partial charge in [0.15, 0.2) is 0 Å². The number of hydrogen-bond acceptors (Lipinski definition) is 5. The van der Waals surface area contributed by atoms with Gasteiger partial charge in [0.05, 0.1) is 15.9 Å². The van der Waals surface area contributed by atoms with Crippen molar-refractivity contribution in [1.82, 2.24) is 14.7 Å². The number of fused-ring (bicyclic) bond motifs is 1. The normalized spacial score (nSPS) is 11.7. The Labute approximate surface area is 165 Å². The van der Waals surface area contributed by atoms with Gasteiger partial charge in [0.25, 0.3) is 0 Å². The number of thiophene rings is 1. The summed E-state index contributed by atoms with van der Waals surface area (Å²) in [7, 11) is -3.60. The summed E-state index contributed by atoms with van der Waals surface area (Å²) in [5, 5.41) is 1.90. The Hall–Kier alpha value is -3.01. The zero-order valence-electron chi connectivity index (χ0n) is 14.5. The van der Waals surface area contributed by atoms with Crippen LogP contribution in [0.3, 0.4) is 0 Å². The third kappa shape index (κ3) is 3.68. The summed E-state index contributed by atoms with van der Waals surface area (Å²) in [5.41, 5.74) is 7.78. The molecule has 142 valence electrons. The third-order valence-electron chi connectivity index (χ3n) is 4.22. The van der Waals surface area contributed by atoms with E-state index in [-0.39, 0.29) is 11.4 Å². The molecule has 4 N–H and O–H groups in total. The van der Waals surface area contributed by atoms with E-state index in [2.05, 4.69) is 14.7 Å². The molecule has 0 aliphatic heterocycles. The Morgan fingerprint density at radius 2 is 1.93 bits per heavy atom. The summed E-state index contributed by atoms with van der Waals surface area (Å²) in [6.45, 7) is 0.257. The standard InChI is InChI=1S/C19H16N4O3S2/c20-18(24)13-5-8-16-17(10-13)23-19(22-16)12-3-6-15(7-4-12)28(25,26)21-11-14-2-1-9-27-14/h1-10,21H,11H2,(H2,20,24)(H,22,23). The van der Waals surface area contributed by atoms with Gasteiger partial charge in [-0.15, -0.1) is 11.3 Å². The number of carbonyl (C=O) groups excluding carboxylic acids is 1. The Balaban J connectivity index is 1.57. The van der Waals surface area contributed by atoms with E-state index in [1.807, 2.05) is 17.5 Å². The summed E-state index contributed by atoms with van der Waals surface area (Å²) in [6, 6.07) is 15.2. The van der Waals surface area contributed by atoms with E-state index in [1.54, 1.807) is 30.3 Å². The van der Waals surface area contributed by atoms with Crippen molar-refractivity contribution in [2.24, 2.45) is 5.73 Å². The van der Waals surface area contributed by atoms with E-state index >= 15 is 0 Å². The van der Waals surface area contributed by atoms with Crippen LogP contribution in [0.25, 0.3) is 22.4 Å². The van der Waals surface area contributed by atoms with Gasteiger partial charge in [0.2, 0.25) is 15.9 Å². The van der Waals surface area contributed by atoms with Crippen LogP contribution in [0.1, 0.15) is 15.2 Å². The number of hydrogen-bond donors (Lipinski definition) is 3. The summed E-state index contributed by atoms with van der Waals surface area (Å²) < 4.78 is 27.5. The molecule has 0 saturated carbocycles. The predicted octanol–water partition coefficient (Wildman–Crippen LogP) is 2.87. The molecule has 9 heteroatoms. The van der Waals surface area contributed by atoms with Crippen LogP contribution in [-0.2, 0) is 16.6 Å². The van der Waals surface area contributed by atoms with E-state index in [1.165, 1.54) is 23.5 Å². The molecule has 1 amide bonds. The SMILES string of the molecule is NC(=O)c1ccc2[nH]c(-c3ccc(S(=O)(=O)NCc4cccs4)cc3)nc2c1. The second-order valence-corrected chi connectivity index (χ2v) is 8.91. The molecule has 0 aliphatic rings. The van der Waals surface area contributed by atoms with E-state index < -0.39 is 15.9 Å². The van der Waals surface area contributed by atoms with Gasteiger partial charge in [-0.2, -0.15) is 0 Å². The zero-order valence-corrected chi connectivity index (χ0v) is 16.2. The van der Waals surface area contributed by atoms with Crippen LogP contribution >= 0.6 is 11.3 Å². The van der Waals surface area contributed by atoms with Crippen LogP contribution in [0.15, 0.2) is 64.9 Å². The number of imidazole rings is 1. The average Bonchev–Trinajstić information content (AvgIpc) is 3.35. The molecule has 0 fully saturated rings. The molecule has 28 heavy (non-hydrogen) atoms. The molecule has 0 bridgehead atoms. The first-order chi connectivity index (χ1) is 13.4. The number of nitrogens with zero attached hydrogens (tertiary/aromatic N) is 1. The molecule has 2 aromatic heterocycles. The Kier molecular flexibility index (Phi) is 4.71. The molecule has 4 rings (SSSR count). The largest absolute Gasteiger partial charge is 0.366 e. The van der Waals surface area contributed by atoms with Gasteiger partial charge >= 0.3 is 0 Å². The molecule has 0 unspecified atom stereocenters. The molecule has 2 heterocycles. The predicted molar refractivity (Wildman–Crippen MR) is 108 cm³/mol. The monoisotopic (exact) mass is 412 g/mol.